The quantitative estimate of drug-likeness (QED) is 0.271. The summed E-state index contributed by atoms with van der Waals surface area (Å²) in [6.45, 7) is 3.38. The minimum Gasteiger partial charge on any atom is -0.475 e. The number of aliphatic carboxylic acids is 2. The van der Waals surface area contributed by atoms with Crippen LogP contribution < -0.4 is 5.32 Å². The lowest BCUT2D eigenvalue weighted by Crippen LogP contribution is -2.43. The number of nitrogens with one attached hydrogen (secondary N) is 1. The first-order valence-corrected chi connectivity index (χ1v) is 14.1. The van der Waals surface area contributed by atoms with E-state index in [-0.39, 0.29) is 11.9 Å². The van der Waals surface area contributed by atoms with Crippen molar-refractivity contribution in [2.75, 3.05) is 26.8 Å². The number of carbonyl (C=O) groups excluding carboxylic acids is 1. The summed E-state index contributed by atoms with van der Waals surface area (Å²) in [6, 6.07) is 6.31. The van der Waals surface area contributed by atoms with Crippen LogP contribution in [0.1, 0.15) is 23.9 Å². The van der Waals surface area contributed by atoms with Crippen molar-refractivity contribution in [3.05, 3.63) is 42.1 Å². The third-order valence-corrected chi connectivity index (χ3v) is 7.42. The van der Waals surface area contributed by atoms with Crippen LogP contribution in [0.3, 0.4) is 0 Å². The van der Waals surface area contributed by atoms with Crippen molar-refractivity contribution in [3.63, 3.8) is 0 Å². The number of halogens is 6. The van der Waals surface area contributed by atoms with Crippen LogP contribution in [0.15, 0.2) is 30.6 Å². The molecule has 2 amide bonds. The standard InChI is InChI=1S/C24H28N8O2.2C2HF3O2/c1-25-24(33)31-7-8-32-20(13-31)22(27-23(32)16-6-9-34-14-16)15-4-5-19-18(10-15)21(28-30(19)3)17-11-26-29(2)12-17;2*3-2(4,5)1(6)7/h4-5,10-12,16H,6-9,13-14H2,1-3H3,(H,25,33);2*(H,6,7). The first-order valence-electron chi connectivity index (χ1n) is 14.1. The zero-order chi connectivity index (χ0) is 35.6. The number of carbonyl (C=O) groups is 3. The lowest BCUT2D eigenvalue weighted by molar-refractivity contribution is -0.193. The number of imidazole rings is 1. The molecular formula is C28H30F6N8O6. The Morgan fingerprint density at radius 2 is 1.62 bits per heavy atom. The monoisotopic (exact) mass is 688 g/mol. The van der Waals surface area contributed by atoms with Gasteiger partial charge in [-0.3, -0.25) is 9.36 Å². The van der Waals surface area contributed by atoms with Gasteiger partial charge in [-0.05, 0) is 18.6 Å². The van der Waals surface area contributed by atoms with E-state index in [1.807, 2.05) is 36.1 Å². The van der Waals surface area contributed by atoms with Gasteiger partial charge in [-0.1, -0.05) is 6.07 Å². The highest BCUT2D eigenvalue weighted by molar-refractivity contribution is 5.96. The van der Waals surface area contributed by atoms with E-state index >= 15 is 0 Å². The minimum atomic E-state index is -5.08. The van der Waals surface area contributed by atoms with Gasteiger partial charge in [0.15, 0.2) is 0 Å². The molecule has 1 aromatic carbocycles. The number of nitrogens with zero attached hydrogens (tertiary/aromatic N) is 7. The number of fused-ring (bicyclic) bond motifs is 2. The Labute approximate surface area is 267 Å². The number of urea groups is 1. The predicted octanol–water partition coefficient (Wildman–Crippen LogP) is 3.76. The maximum atomic E-state index is 12.4. The first kappa shape index (κ1) is 35.7. The Kier molecular flexibility index (Phi) is 10.4. The molecule has 3 N–H and O–H groups in total. The zero-order valence-corrected chi connectivity index (χ0v) is 25.6. The molecular weight excluding hydrogens is 658 g/mol. The average molecular weight is 689 g/mol. The predicted molar refractivity (Wildman–Crippen MR) is 155 cm³/mol. The van der Waals surface area contributed by atoms with E-state index < -0.39 is 24.3 Å². The number of aryl methyl sites for hydroxylation is 2. The molecule has 2 aliphatic rings. The number of alkyl halides is 6. The smallest absolute Gasteiger partial charge is 0.475 e. The van der Waals surface area contributed by atoms with E-state index in [0.717, 1.165) is 64.5 Å². The fraction of sp³-hybridized carbons (Fsp3) is 0.429. The molecule has 260 valence electrons. The van der Waals surface area contributed by atoms with Crippen LogP contribution in [0.2, 0.25) is 0 Å². The SMILES string of the molecule is CNC(=O)N1CCn2c(C3CCOC3)nc(-c3ccc4c(c3)c(-c3cnn(C)c3)nn4C)c2C1.O=C(O)C(F)(F)F.O=C(O)C(F)(F)F. The molecule has 1 unspecified atom stereocenters. The van der Waals surface area contributed by atoms with Crippen molar-refractivity contribution < 1.29 is 55.7 Å². The normalized spacial score (nSPS) is 16.0. The molecule has 1 saturated heterocycles. The highest BCUT2D eigenvalue weighted by Gasteiger charge is 2.39. The number of aromatic nitrogens is 6. The molecule has 5 heterocycles. The third-order valence-electron chi connectivity index (χ3n) is 7.42. The second-order valence-electron chi connectivity index (χ2n) is 10.7. The Morgan fingerprint density at radius 3 is 2.15 bits per heavy atom. The Morgan fingerprint density at radius 1 is 0.979 bits per heavy atom. The van der Waals surface area contributed by atoms with Gasteiger partial charge in [-0.25, -0.2) is 19.4 Å². The van der Waals surface area contributed by atoms with Crippen molar-refractivity contribution in [2.45, 2.75) is 37.8 Å². The molecule has 6 rings (SSSR count). The summed E-state index contributed by atoms with van der Waals surface area (Å²) in [5, 5.41) is 27.2. The highest BCUT2D eigenvalue weighted by Crippen LogP contribution is 2.36. The summed E-state index contributed by atoms with van der Waals surface area (Å²) in [7, 11) is 5.54. The van der Waals surface area contributed by atoms with Crippen molar-refractivity contribution in [1.29, 1.82) is 0 Å². The molecule has 48 heavy (non-hydrogen) atoms. The molecule has 0 spiro atoms. The molecule has 20 heteroatoms. The zero-order valence-electron chi connectivity index (χ0n) is 25.6. The van der Waals surface area contributed by atoms with Gasteiger partial charge in [0, 0.05) is 69.5 Å². The molecule has 1 atom stereocenters. The van der Waals surface area contributed by atoms with Gasteiger partial charge < -0.3 is 29.7 Å². The van der Waals surface area contributed by atoms with Crippen molar-refractivity contribution in [2.24, 2.45) is 14.1 Å². The summed E-state index contributed by atoms with van der Waals surface area (Å²) < 4.78 is 75.1. The summed E-state index contributed by atoms with van der Waals surface area (Å²) >= 11 is 0. The highest BCUT2D eigenvalue weighted by atomic mass is 19.4. The molecule has 14 nitrogen and oxygen atoms in total. The van der Waals surface area contributed by atoms with Crippen LogP contribution in [0.5, 0.6) is 0 Å². The number of amides is 2. The van der Waals surface area contributed by atoms with Crippen LogP contribution in [-0.2, 0) is 41.5 Å². The molecule has 2 aliphatic heterocycles. The van der Waals surface area contributed by atoms with E-state index in [4.69, 9.17) is 34.6 Å². The minimum absolute atomic E-state index is 0.0641. The van der Waals surface area contributed by atoms with Crippen LogP contribution in [0.4, 0.5) is 31.1 Å². The van der Waals surface area contributed by atoms with Crippen LogP contribution in [0, 0.1) is 0 Å². The number of rotatable bonds is 3. The number of benzene rings is 1. The van der Waals surface area contributed by atoms with E-state index in [1.54, 1.807) is 11.7 Å². The molecule has 0 aliphatic carbocycles. The molecule has 1 fully saturated rings. The summed E-state index contributed by atoms with van der Waals surface area (Å²) in [6.07, 6.45) is -5.37. The topological polar surface area (TPSA) is 170 Å². The number of hydrogen-bond donors (Lipinski definition) is 3. The van der Waals surface area contributed by atoms with E-state index in [0.29, 0.717) is 19.7 Å². The second kappa shape index (κ2) is 13.9. The van der Waals surface area contributed by atoms with E-state index in [1.165, 1.54) is 0 Å². The lowest BCUT2D eigenvalue weighted by atomic mass is 10.0. The van der Waals surface area contributed by atoms with Crippen LogP contribution in [0.25, 0.3) is 33.4 Å². The van der Waals surface area contributed by atoms with E-state index in [2.05, 4.69) is 33.2 Å². The van der Waals surface area contributed by atoms with Gasteiger partial charge in [0.2, 0.25) is 0 Å². The molecule has 3 aromatic heterocycles. The maximum Gasteiger partial charge on any atom is 0.490 e. The Bertz CT molecular complexity index is 1780. The average Bonchev–Trinajstić information content (AvgIpc) is 3.82. The summed E-state index contributed by atoms with van der Waals surface area (Å²) in [4.78, 5) is 37.2. The van der Waals surface area contributed by atoms with Gasteiger partial charge in [-0.15, -0.1) is 0 Å². The Balaban J connectivity index is 0.000000314. The van der Waals surface area contributed by atoms with E-state index in [9.17, 15) is 31.1 Å². The maximum absolute atomic E-state index is 12.4. The first-order chi connectivity index (χ1) is 22.4. The molecule has 4 aromatic rings. The third kappa shape index (κ3) is 7.86. The fourth-order valence-corrected chi connectivity index (χ4v) is 5.18. The number of carboxylic acid groups (broad SMARTS) is 2. The van der Waals surface area contributed by atoms with Gasteiger partial charge in [-0.2, -0.15) is 36.5 Å². The van der Waals surface area contributed by atoms with Crippen molar-refractivity contribution >= 4 is 28.9 Å². The number of ether oxygens (including phenoxy) is 1. The summed E-state index contributed by atoms with van der Waals surface area (Å²) in [5.74, 6) is -4.16. The lowest BCUT2D eigenvalue weighted by Gasteiger charge is -2.29. The van der Waals surface area contributed by atoms with Crippen LogP contribution in [-0.4, -0.2) is 101 Å². The molecule has 0 bridgehead atoms. The largest absolute Gasteiger partial charge is 0.490 e. The number of hydrogen-bond acceptors (Lipinski definition) is 7. The van der Waals surface area contributed by atoms with Gasteiger partial charge in [0.1, 0.15) is 11.5 Å². The van der Waals surface area contributed by atoms with Crippen molar-refractivity contribution in [3.8, 4) is 22.5 Å². The van der Waals surface area contributed by atoms with Gasteiger partial charge >= 0.3 is 30.3 Å². The van der Waals surface area contributed by atoms with Crippen LogP contribution >= 0.6 is 0 Å². The second-order valence-corrected chi connectivity index (χ2v) is 10.7. The fourth-order valence-electron chi connectivity index (χ4n) is 5.18. The van der Waals surface area contributed by atoms with Gasteiger partial charge in [0.25, 0.3) is 0 Å². The molecule has 0 saturated carbocycles. The molecule has 0 radical (unpaired) electrons. The number of carboxylic acids is 2. The van der Waals surface area contributed by atoms with Gasteiger partial charge in [0.05, 0.1) is 36.3 Å². The summed E-state index contributed by atoms with van der Waals surface area (Å²) in [5.41, 5.74) is 5.95. The van der Waals surface area contributed by atoms with Crippen molar-refractivity contribution in [1.82, 2.24) is 39.3 Å². The Hall–Kier alpha value is -5.14.